The van der Waals surface area contributed by atoms with Crippen LogP contribution in [-0.4, -0.2) is 24.4 Å². The van der Waals surface area contributed by atoms with Crippen molar-refractivity contribution < 1.29 is 9.47 Å². The summed E-state index contributed by atoms with van der Waals surface area (Å²) in [6.07, 6.45) is 4.80. The maximum Gasteiger partial charge on any atom is 0.199 e. The lowest BCUT2D eigenvalue weighted by Gasteiger charge is -2.15. The van der Waals surface area contributed by atoms with Gasteiger partial charge in [-0.15, -0.1) is 0 Å². The molecule has 0 aliphatic carbocycles. The number of hydrogen-bond donors (Lipinski definition) is 0. The zero-order chi connectivity index (χ0) is 14.1. The fraction of sp³-hybridized carbons (Fsp3) is 0.444. The van der Waals surface area contributed by atoms with Gasteiger partial charge in [0.15, 0.2) is 11.2 Å². The molecule has 0 aromatic heterocycles. The quantitative estimate of drug-likeness (QED) is 0.794. The lowest BCUT2D eigenvalue weighted by Crippen LogP contribution is -2.14. The Morgan fingerprint density at radius 1 is 0.952 bits per heavy atom. The number of hydrogen-bond acceptors (Lipinski definition) is 2. The van der Waals surface area contributed by atoms with E-state index in [1.54, 1.807) is 0 Å². The Labute approximate surface area is 128 Å². The van der Waals surface area contributed by atoms with Crippen molar-refractivity contribution in [2.75, 3.05) is 18.1 Å². The van der Waals surface area contributed by atoms with Crippen molar-refractivity contribution in [3.8, 4) is 5.75 Å². The molecule has 2 fully saturated rings. The van der Waals surface area contributed by atoms with Gasteiger partial charge in [0.25, 0.3) is 0 Å². The van der Waals surface area contributed by atoms with Crippen LogP contribution >= 0.6 is 0 Å². The van der Waals surface area contributed by atoms with E-state index in [4.69, 9.17) is 9.47 Å². The van der Waals surface area contributed by atoms with Crippen LogP contribution in [0.15, 0.2) is 41.3 Å². The van der Waals surface area contributed by atoms with E-state index in [1.165, 1.54) is 40.0 Å². The van der Waals surface area contributed by atoms with Crippen LogP contribution < -0.4 is 4.74 Å². The molecule has 0 radical (unpaired) electrons. The molecular formula is C18H21O2S+. The number of fused-ring (bicyclic) bond motifs is 1. The molecule has 1 atom stereocenters. The molecule has 3 heteroatoms. The lowest BCUT2D eigenvalue weighted by molar-refractivity contribution is -0.0381. The molecule has 0 spiro atoms. The van der Waals surface area contributed by atoms with Gasteiger partial charge in [0, 0.05) is 28.1 Å². The molecule has 4 rings (SSSR count). The van der Waals surface area contributed by atoms with Crippen LogP contribution in [0.3, 0.4) is 0 Å². The molecule has 0 bridgehead atoms. The fourth-order valence-electron chi connectivity index (χ4n) is 3.26. The summed E-state index contributed by atoms with van der Waals surface area (Å²) in [4.78, 5) is 1.53. The molecule has 2 aliphatic heterocycles. The minimum atomic E-state index is -0.0619. The Hall–Kier alpha value is -1.19. The summed E-state index contributed by atoms with van der Waals surface area (Å²) in [5.74, 6) is 3.69. The van der Waals surface area contributed by atoms with Gasteiger partial charge in [-0.05, 0) is 37.5 Å². The van der Waals surface area contributed by atoms with Crippen LogP contribution in [0.25, 0.3) is 10.8 Å². The summed E-state index contributed by atoms with van der Waals surface area (Å²) in [5.41, 5.74) is 0. The van der Waals surface area contributed by atoms with Crippen molar-refractivity contribution in [3.05, 3.63) is 36.4 Å². The maximum atomic E-state index is 6.09. The molecule has 0 saturated carbocycles. The van der Waals surface area contributed by atoms with Gasteiger partial charge in [-0.3, -0.25) is 0 Å². The average Bonchev–Trinajstić information content (AvgIpc) is 3.21. The summed E-state index contributed by atoms with van der Waals surface area (Å²) >= 11 is 0. The molecule has 2 aromatic carbocycles. The van der Waals surface area contributed by atoms with E-state index < -0.39 is 0 Å². The Morgan fingerprint density at radius 3 is 2.52 bits per heavy atom. The Bertz CT molecular complexity index is 628. The molecule has 2 aliphatic rings. The van der Waals surface area contributed by atoms with Crippen LogP contribution in [0.5, 0.6) is 5.75 Å². The van der Waals surface area contributed by atoms with E-state index in [9.17, 15) is 0 Å². The molecule has 2 saturated heterocycles. The largest absolute Gasteiger partial charge is 0.464 e. The summed E-state index contributed by atoms with van der Waals surface area (Å²) in [7, 11) is 0.436. The van der Waals surface area contributed by atoms with Crippen molar-refractivity contribution in [2.45, 2.75) is 36.9 Å². The van der Waals surface area contributed by atoms with Crippen molar-refractivity contribution >= 4 is 21.7 Å². The summed E-state index contributed by atoms with van der Waals surface area (Å²) in [5, 5.41) is 2.61. The van der Waals surface area contributed by atoms with E-state index >= 15 is 0 Å². The second-order valence-corrected chi connectivity index (χ2v) is 8.02. The molecule has 2 aromatic rings. The van der Waals surface area contributed by atoms with E-state index in [0.29, 0.717) is 10.9 Å². The van der Waals surface area contributed by atoms with Crippen molar-refractivity contribution in [1.29, 1.82) is 0 Å². The second-order valence-electron chi connectivity index (χ2n) is 5.78. The first-order valence-electron chi connectivity index (χ1n) is 7.89. The highest BCUT2D eigenvalue weighted by atomic mass is 32.2. The van der Waals surface area contributed by atoms with Crippen LogP contribution in [0.1, 0.15) is 25.7 Å². The van der Waals surface area contributed by atoms with Gasteiger partial charge in [-0.2, -0.15) is 0 Å². The van der Waals surface area contributed by atoms with Gasteiger partial charge in [0.1, 0.15) is 17.3 Å². The zero-order valence-corrected chi connectivity index (χ0v) is 13.0. The SMILES string of the molecule is c1ccc2c([S+]3CCCC3)ccc(OC3CCCO3)c2c1. The highest BCUT2D eigenvalue weighted by molar-refractivity contribution is 7.97. The predicted octanol–water partition coefficient (Wildman–Crippen LogP) is 4.13. The monoisotopic (exact) mass is 301 g/mol. The Kier molecular flexibility index (Phi) is 3.78. The second kappa shape index (κ2) is 5.90. The van der Waals surface area contributed by atoms with Gasteiger partial charge in [0.2, 0.25) is 0 Å². The number of benzene rings is 2. The smallest absolute Gasteiger partial charge is 0.199 e. The van der Waals surface area contributed by atoms with Gasteiger partial charge >= 0.3 is 0 Å². The standard InChI is InChI=1S/C18H21O2S/c1-2-7-15-14(6-1)16(20-18-8-5-11-19-18)9-10-17(15)21-12-3-4-13-21/h1-2,6-7,9-10,18H,3-5,8,11-13H2/q+1. The fourth-order valence-corrected chi connectivity index (χ4v) is 5.75. The highest BCUT2D eigenvalue weighted by Crippen LogP contribution is 2.35. The maximum absolute atomic E-state index is 6.09. The van der Waals surface area contributed by atoms with Gasteiger partial charge in [-0.1, -0.05) is 18.2 Å². The summed E-state index contributed by atoms with van der Waals surface area (Å²) in [6.45, 7) is 0.824. The lowest BCUT2D eigenvalue weighted by atomic mass is 10.1. The topological polar surface area (TPSA) is 18.5 Å². The van der Waals surface area contributed by atoms with Crippen LogP contribution in [0.4, 0.5) is 0 Å². The third kappa shape index (κ3) is 2.65. The Morgan fingerprint density at radius 2 is 1.76 bits per heavy atom. The molecular weight excluding hydrogens is 280 g/mol. The third-order valence-electron chi connectivity index (χ3n) is 4.33. The van der Waals surface area contributed by atoms with Gasteiger partial charge in [-0.25, -0.2) is 0 Å². The first-order chi connectivity index (χ1) is 10.4. The van der Waals surface area contributed by atoms with Crippen molar-refractivity contribution in [2.24, 2.45) is 0 Å². The Balaban J connectivity index is 1.73. The predicted molar refractivity (Wildman–Crippen MR) is 88.1 cm³/mol. The van der Waals surface area contributed by atoms with E-state index in [2.05, 4.69) is 36.4 Å². The van der Waals surface area contributed by atoms with Crippen LogP contribution in [0, 0.1) is 0 Å². The molecule has 110 valence electrons. The normalized spacial score (nSPS) is 23.0. The number of rotatable bonds is 3. The van der Waals surface area contributed by atoms with E-state index in [0.717, 1.165) is 25.2 Å². The van der Waals surface area contributed by atoms with Crippen molar-refractivity contribution in [1.82, 2.24) is 0 Å². The van der Waals surface area contributed by atoms with E-state index in [-0.39, 0.29) is 6.29 Å². The van der Waals surface area contributed by atoms with Gasteiger partial charge < -0.3 is 9.47 Å². The molecule has 1 unspecified atom stereocenters. The van der Waals surface area contributed by atoms with E-state index in [1.807, 2.05) is 0 Å². The molecule has 21 heavy (non-hydrogen) atoms. The van der Waals surface area contributed by atoms with Crippen LogP contribution in [-0.2, 0) is 15.6 Å². The number of ether oxygens (including phenoxy) is 2. The molecule has 0 N–H and O–H groups in total. The third-order valence-corrected chi connectivity index (χ3v) is 6.87. The summed E-state index contributed by atoms with van der Waals surface area (Å²) < 4.78 is 11.7. The average molecular weight is 301 g/mol. The van der Waals surface area contributed by atoms with Gasteiger partial charge in [0.05, 0.1) is 6.61 Å². The summed E-state index contributed by atoms with van der Waals surface area (Å²) in [6, 6.07) is 13.1. The molecule has 2 heterocycles. The van der Waals surface area contributed by atoms with Crippen LogP contribution in [0.2, 0.25) is 0 Å². The minimum absolute atomic E-state index is 0.0619. The minimum Gasteiger partial charge on any atom is -0.464 e. The first-order valence-corrected chi connectivity index (χ1v) is 9.45. The first kappa shape index (κ1) is 13.5. The highest BCUT2D eigenvalue weighted by Gasteiger charge is 2.29. The molecule has 0 amide bonds. The zero-order valence-electron chi connectivity index (χ0n) is 12.2. The van der Waals surface area contributed by atoms with Crippen molar-refractivity contribution in [3.63, 3.8) is 0 Å². The molecule has 2 nitrogen and oxygen atoms in total.